The molecule has 6 nitrogen and oxygen atoms in total. The number of phenolic OH excluding ortho intramolecular Hbond substituents is 2. The number of phenols is 2. The highest BCUT2D eigenvalue weighted by Crippen LogP contribution is 2.26. The Morgan fingerprint density at radius 2 is 2.05 bits per heavy atom. The number of aromatic hydroxyl groups is 2. The number of benzene rings is 1. The van der Waals surface area contributed by atoms with Crippen molar-refractivity contribution in [3.05, 3.63) is 23.8 Å². The van der Waals surface area contributed by atoms with Crippen molar-refractivity contribution in [2.45, 2.75) is 19.3 Å². The number of amides is 1. The highest BCUT2D eigenvalue weighted by Gasteiger charge is 2.27. The predicted octanol–water partition coefficient (Wildman–Crippen LogP) is 1.42. The minimum absolute atomic E-state index is 0.0470. The van der Waals surface area contributed by atoms with Crippen molar-refractivity contribution >= 4 is 11.9 Å². The molecule has 1 aromatic rings. The third-order valence-electron chi connectivity index (χ3n) is 3.48. The van der Waals surface area contributed by atoms with Crippen molar-refractivity contribution in [1.29, 1.82) is 0 Å². The molecule has 1 heterocycles. The number of hydrogen-bond acceptors (Lipinski definition) is 4. The van der Waals surface area contributed by atoms with E-state index in [0.29, 0.717) is 13.1 Å². The van der Waals surface area contributed by atoms with Crippen LogP contribution in [0.5, 0.6) is 11.5 Å². The Kier molecular flexibility index (Phi) is 4.12. The van der Waals surface area contributed by atoms with Gasteiger partial charge in [-0.3, -0.25) is 9.59 Å². The van der Waals surface area contributed by atoms with Crippen LogP contribution in [0.15, 0.2) is 18.2 Å². The second-order valence-electron chi connectivity index (χ2n) is 5.06. The molecular formula is C14H17NO5. The van der Waals surface area contributed by atoms with E-state index in [9.17, 15) is 19.8 Å². The predicted molar refractivity (Wildman–Crippen MR) is 70.7 cm³/mol. The number of carboxylic acid groups (broad SMARTS) is 1. The molecule has 6 heteroatoms. The SMILES string of the molecule is O=C(O)CC1CCCN(C(=O)c2ccc(O)cc2O)C1. The largest absolute Gasteiger partial charge is 0.508 e. The highest BCUT2D eigenvalue weighted by atomic mass is 16.4. The molecule has 1 fully saturated rings. The van der Waals surface area contributed by atoms with Crippen LogP contribution < -0.4 is 0 Å². The van der Waals surface area contributed by atoms with Gasteiger partial charge >= 0.3 is 5.97 Å². The molecule has 1 atom stereocenters. The van der Waals surface area contributed by atoms with Gasteiger partial charge in [-0.1, -0.05) is 0 Å². The summed E-state index contributed by atoms with van der Waals surface area (Å²) in [4.78, 5) is 24.6. The summed E-state index contributed by atoms with van der Waals surface area (Å²) >= 11 is 0. The first-order valence-electron chi connectivity index (χ1n) is 6.50. The summed E-state index contributed by atoms with van der Waals surface area (Å²) in [6.45, 7) is 0.931. The number of piperidine rings is 1. The van der Waals surface area contributed by atoms with Gasteiger partial charge in [-0.25, -0.2) is 0 Å². The lowest BCUT2D eigenvalue weighted by atomic mass is 9.94. The molecule has 1 aliphatic heterocycles. The molecule has 0 saturated carbocycles. The summed E-state index contributed by atoms with van der Waals surface area (Å²) in [6.07, 6.45) is 1.59. The fourth-order valence-electron chi connectivity index (χ4n) is 2.53. The van der Waals surface area contributed by atoms with Crippen molar-refractivity contribution in [2.75, 3.05) is 13.1 Å². The number of hydrogen-bond donors (Lipinski definition) is 3. The van der Waals surface area contributed by atoms with Crippen LogP contribution >= 0.6 is 0 Å². The van der Waals surface area contributed by atoms with Crippen molar-refractivity contribution < 1.29 is 24.9 Å². The third-order valence-corrected chi connectivity index (χ3v) is 3.48. The maximum atomic E-state index is 12.3. The normalized spacial score (nSPS) is 18.8. The molecule has 0 aliphatic carbocycles. The molecule has 2 rings (SSSR count). The molecule has 1 amide bonds. The molecule has 108 valence electrons. The number of carbonyl (C=O) groups excluding carboxylic acids is 1. The lowest BCUT2D eigenvalue weighted by molar-refractivity contribution is -0.138. The first kappa shape index (κ1) is 14.2. The zero-order valence-corrected chi connectivity index (χ0v) is 11.0. The first-order valence-corrected chi connectivity index (χ1v) is 6.50. The van der Waals surface area contributed by atoms with Gasteiger partial charge in [0.15, 0.2) is 0 Å². The van der Waals surface area contributed by atoms with Gasteiger partial charge in [0.25, 0.3) is 5.91 Å². The van der Waals surface area contributed by atoms with E-state index in [0.717, 1.165) is 18.9 Å². The first-order chi connectivity index (χ1) is 9.47. The zero-order chi connectivity index (χ0) is 14.7. The molecule has 1 aromatic carbocycles. The maximum Gasteiger partial charge on any atom is 0.303 e. The number of aliphatic carboxylic acids is 1. The number of rotatable bonds is 3. The minimum atomic E-state index is -0.864. The number of carbonyl (C=O) groups is 2. The summed E-state index contributed by atoms with van der Waals surface area (Å²) in [7, 11) is 0. The van der Waals surface area contributed by atoms with Gasteiger partial charge in [0.1, 0.15) is 11.5 Å². The molecule has 0 aromatic heterocycles. The zero-order valence-electron chi connectivity index (χ0n) is 11.0. The Morgan fingerprint density at radius 3 is 2.70 bits per heavy atom. The molecule has 1 saturated heterocycles. The molecule has 0 radical (unpaired) electrons. The Balaban J connectivity index is 2.10. The average molecular weight is 279 g/mol. The molecule has 1 aliphatic rings. The van der Waals surface area contributed by atoms with E-state index in [4.69, 9.17) is 5.11 Å². The summed E-state index contributed by atoms with van der Waals surface area (Å²) < 4.78 is 0. The summed E-state index contributed by atoms with van der Waals surface area (Å²) in [6, 6.07) is 3.82. The standard InChI is InChI=1S/C14H17NO5/c16-10-3-4-11(12(17)7-10)14(20)15-5-1-2-9(8-15)6-13(18)19/h3-4,7,9,16-17H,1-2,5-6,8H2,(H,18,19). The van der Waals surface area contributed by atoms with E-state index in [1.807, 2.05) is 0 Å². The van der Waals surface area contributed by atoms with E-state index in [-0.39, 0.29) is 35.3 Å². The summed E-state index contributed by atoms with van der Waals surface area (Å²) in [5.74, 6) is -1.63. The molecular weight excluding hydrogens is 262 g/mol. The minimum Gasteiger partial charge on any atom is -0.508 e. The van der Waals surface area contributed by atoms with E-state index in [1.165, 1.54) is 12.1 Å². The number of likely N-dealkylation sites (tertiary alicyclic amines) is 1. The van der Waals surface area contributed by atoms with Crippen LogP contribution in [0, 0.1) is 5.92 Å². The Hall–Kier alpha value is -2.24. The molecule has 0 bridgehead atoms. The third kappa shape index (κ3) is 3.20. The molecule has 20 heavy (non-hydrogen) atoms. The highest BCUT2D eigenvalue weighted by molar-refractivity contribution is 5.97. The van der Waals surface area contributed by atoms with Gasteiger partial charge in [-0.05, 0) is 30.9 Å². The van der Waals surface area contributed by atoms with Crippen LogP contribution in [0.25, 0.3) is 0 Å². The van der Waals surface area contributed by atoms with E-state index in [2.05, 4.69) is 0 Å². The smallest absolute Gasteiger partial charge is 0.303 e. The number of nitrogens with zero attached hydrogens (tertiary/aromatic N) is 1. The number of carboxylic acids is 1. The monoisotopic (exact) mass is 279 g/mol. The van der Waals surface area contributed by atoms with Crippen LogP contribution in [0.4, 0.5) is 0 Å². The van der Waals surface area contributed by atoms with Crippen LogP contribution in [0.1, 0.15) is 29.6 Å². The molecule has 3 N–H and O–H groups in total. The summed E-state index contributed by atoms with van der Waals surface area (Å²) in [5, 5.41) is 27.7. The van der Waals surface area contributed by atoms with Gasteiger partial charge in [-0.2, -0.15) is 0 Å². The topological polar surface area (TPSA) is 98.1 Å². The van der Waals surface area contributed by atoms with Gasteiger partial charge in [0.2, 0.25) is 0 Å². The average Bonchev–Trinajstić information content (AvgIpc) is 2.37. The Labute approximate surface area is 116 Å². The van der Waals surface area contributed by atoms with Crippen molar-refractivity contribution in [3.8, 4) is 11.5 Å². The fourth-order valence-corrected chi connectivity index (χ4v) is 2.53. The quantitative estimate of drug-likeness (QED) is 0.777. The van der Waals surface area contributed by atoms with E-state index in [1.54, 1.807) is 4.90 Å². The second-order valence-corrected chi connectivity index (χ2v) is 5.06. The van der Waals surface area contributed by atoms with Crippen LogP contribution in [0.2, 0.25) is 0 Å². The lowest BCUT2D eigenvalue weighted by Gasteiger charge is -2.32. The second kappa shape index (κ2) is 5.81. The van der Waals surface area contributed by atoms with E-state index >= 15 is 0 Å². The molecule has 1 unspecified atom stereocenters. The van der Waals surface area contributed by atoms with E-state index < -0.39 is 5.97 Å². The lowest BCUT2D eigenvalue weighted by Crippen LogP contribution is -2.40. The summed E-state index contributed by atoms with van der Waals surface area (Å²) in [5.41, 5.74) is 0.124. The van der Waals surface area contributed by atoms with Crippen LogP contribution in [-0.2, 0) is 4.79 Å². The van der Waals surface area contributed by atoms with Gasteiger partial charge < -0.3 is 20.2 Å². The van der Waals surface area contributed by atoms with Crippen molar-refractivity contribution in [1.82, 2.24) is 4.90 Å². The van der Waals surface area contributed by atoms with Crippen LogP contribution in [0.3, 0.4) is 0 Å². The van der Waals surface area contributed by atoms with Gasteiger partial charge in [-0.15, -0.1) is 0 Å². The molecule has 0 spiro atoms. The fraction of sp³-hybridized carbons (Fsp3) is 0.429. The Morgan fingerprint density at radius 1 is 1.30 bits per heavy atom. The van der Waals surface area contributed by atoms with Crippen molar-refractivity contribution in [2.24, 2.45) is 5.92 Å². The van der Waals surface area contributed by atoms with Gasteiger partial charge in [0.05, 0.1) is 5.56 Å². The van der Waals surface area contributed by atoms with Crippen LogP contribution in [-0.4, -0.2) is 45.2 Å². The van der Waals surface area contributed by atoms with Crippen molar-refractivity contribution in [3.63, 3.8) is 0 Å². The maximum absolute atomic E-state index is 12.3. The van der Waals surface area contributed by atoms with Gasteiger partial charge in [0, 0.05) is 25.6 Å². The Bertz CT molecular complexity index is 528.